The highest BCUT2D eigenvalue weighted by atomic mass is 16.5. The maximum absolute atomic E-state index is 14.8. The SMILES string of the molecule is CC(C)Oc1ccc(-c2nn(C(c3ccccc3)(c3ccccc3)c3ccccc3)c3ccc(N4CC[C@]5(CCN(C[C@H](O)N6CC=C(c7ccc(-c8ncn(C)n8)cc7)CC6)C5)C4=O)cc23)cn1. The van der Waals surface area contributed by atoms with Crippen molar-refractivity contribution in [3.8, 4) is 28.5 Å². The summed E-state index contributed by atoms with van der Waals surface area (Å²) in [7, 11) is 1.87. The molecule has 1 spiro atoms. The molecule has 2 saturated heterocycles. The third-order valence-electron chi connectivity index (χ3n) is 14.4. The van der Waals surface area contributed by atoms with Crippen molar-refractivity contribution in [2.24, 2.45) is 12.5 Å². The van der Waals surface area contributed by atoms with Crippen molar-refractivity contribution in [1.82, 2.24) is 39.3 Å². The first-order valence-corrected chi connectivity index (χ1v) is 24.1. The van der Waals surface area contributed by atoms with Crippen LogP contribution in [0.15, 0.2) is 164 Å². The number of fused-ring (bicyclic) bond motifs is 1. The lowest BCUT2D eigenvalue weighted by molar-refractivity contribution is -0.125. The fraction of sp³-hybridized carbons (Fsp3) is 0.281. The van der Waals surface area contributed by atoms with Crippen LogP contribution in [0.5, 0.6) is 5.88 Å². The molecule has 3 aromatic heterocycles. The van der Waals surface area contributed by atoms with Gasteiger partial charge in [-0.3, -0.25) is 19.3 Å². The predicted octanol–water partition coefficient (Wildman–Crippen LogP) is 9.06. The van der Waals surface area contributed by atoms with E-state index in [1.165, 1.54) is 11.1 Å². The first-order chi connectivity index (χ1) is 33.7. The van der Waals surface area contributed by atoms with Crippen LogP contribution in [0, 0.1) is 5.41 Å². The average Bonchev–Trinajstić information content (AvgIpc) is 4.19. The van der Waals surface area contributed by atoms with Gasteiger partial charge in [-0.1, -0.05) is 121 Å². The summed E-state index contributed by atoms with van der Waals surface area (Å²) in [6.07, 6.45) is 7.50. The van der Waals surface area contributed by atoms with E-state index in [1.807, 2.05) is 62.3 Å². The van der Waals surface area contributed by atoms with Gasteiger partial charge in [0.2, 0.25) is 11.8 Å². The lowest BCUT2D eigenvalue weighted by Gasteiger charge is -2.37. The van der Waals surface area contributed by atoms with Crippen molar-refractivity contribution in [3.63, 3.8) is 0 Å². The van der Waals surface area contributed by atoms with E-state index in [1.54, 1.807) is 11.0 Å². The van der Waals surface area contributed by atoms with E-state index in [2.05, 4.69) is 146 Å². The van der Waals surface area contributed by atoms with Crippen molar-refractivity contribution in [2.75, 3.05) is 44.2 Å². The lowest BCUT2D eigenvalue weighted by Crippen LogP contribution is -2.46. The minimum atomic E-state index is -0.862. The quantitative estimate of drug-likeness (QED) is 0.113. The first-order valence-electron chi connectivity index (χ1n) is 24.1. The van der Waals surface area contributed by atoms with Gasteiger partial charge in [0, 0.05) is 74.2 Å². The number of pyridine rings is 1. The lowest BCUT2D eigenvalue weighted by atomic mass is 9.77. The molecule has 348 valence electrons. The van der Waals surface area contributed by atoms with Crippen molar-refractivity contribution >= 4 is 28.1 Å². The Morgan fingerprint density at radius 2 is 1.39 bits per heavy atom. The predicted molar refractivity (Wildman–Crippen MR) is 270 cm³/mol. The molecule has 1 N–H and O–H groups in total. The van der Waals surface area contributed by atoms with Gasteiger partial charge in [0.1, 0.15) is 23.8 Å². The highest BCUT2D eigenvalue weighted by Gasteiger charge is 2.51. The van der Waals surface area contributed by atoms with Crippen molar-refractivity contribution in [2.45, 2.75) is 51.0 Å². The van der Waals surface area contributed by atoms with Gasteiger partial charge in [0.05, 0.1) is 17.0 Å². The monoisotopic (exact) mass is 915 g/mol. The number of anilines is 1. The van der Waals surface area contributed by atoms with Crippen LogP contribution >= 0.6 is 0 Å². The highest BCUT2D eigenvalue weighted by Crippen LogP contribution is 2.47. The third kappa shape index (κ3) is 8.22. The average molecular weight is 916 g/mol. The maximum atomic E-state index is 14.8. The van der Waals surface area contributed by atoms with Crippen LogP contribution in [0.2, 0.25) is 0 Å². The number of amides is 1. The summed E-state index contributed by atoms with van der Waals surface area (Å²) in [4.78, 5) is 30.3. The fourth-order valence-corrected chi connectivity index (χ4v) is 10.9. The topological polar surface area (TPSA) is 118 Å². The van der Waals surface area contributed by atoms with E-state index in [9.17, 15) is 9.90 Å². The van der Waals surface area contributed by atoms with E-state index in [-0.39, 0.29) is 12.0 Å². The smallest absolute Gasteiger partial charge is 0.234 e. The largest absolute Gasteiger partial charge is 0.475 e. The fourth-order valence-electron chi connectivity index (χ4n) is 10.9. The minimum Gasteiger partial charge on any atom is -0.475 e. The molecule has 3 aliphatic heterocycles. The Morgan fingerprint density at radius 3 is 1.99 bits per heavy atom. The molecule has 12 heteroatoms. The second-order valence-electron chi connectivity index (χ2n) is 19.1. The standard InChI is InChI=1S/C57H57N9O3/c1-40(2)69-51-26-23-44(36-58-51)53-49-35-48(24-25-50(49)66(60-53)57(45-13-7-4-8-14-45,46-15-9-5-10-16-46)47-17-11-6-12-18-47)65-34-30-56(55(65)68)29-33-63(38-56)37-52(67)64-31-27-42(28-32-64)41-19-21-43(22-20-41)54-59-39-62(3)61-54/h4-27,35-36,39-40,52,67H,28-34,37-38H2,1-3H3/t52-,56-/m0/s1. The molecular weight excluding hydrogens is 859 g/mol. The highest BCUT2D eigenvalue weighted by molar-refractivity contribution is 6.03. The molecule has 11 rings (SSSR count). The molecule has 12 nitrogen and oxygen atoms in total. The second kappa shape index (κ2) is 18.3. The summed E-state index contributed by atoms with van der Waals surface area (Å²) >= 11 is 0. The molecule has 0 aliphatic carbocycles. The number of carbonyl (C=O) groups is 1. The van der Waals surface area contributed by atoms with E-state index in [0.29, 0.717) is 37.9 Å². The number of β-amino-alcohol motifs (C(OH)–C–C–N with tert-alkyl or cyclic N) is 1. The number of aliphatic hydroxyl groups excluding tert-OH is 1. The molecule has 3 aliphatic rings. The van der Waals surface area contributed by atoms with Gasteiger partial charge in [-0.2, -0.15) is 10.2 Å². The van der Waals surface area contributed by atoms with Crippen LogP contribution in [0.1, 0.15) is 55.4 Å². The zero-order valence-corrected chi connectivity index (χ0v) is 39.4. The number of benzene rings is 5. The number of hydrogen-bond donors (Lipinski definition) is 1. The summed E-state index contributed by atoms with van der Waals surface area (Å²) < 4.78 is 9.84. The number of likely N-dealkylation sites (tertiary alicyclic amines) is 1. The van der Waals surface area contributed by atoms with Crippen LogP contribution < -0.4 is 9.64 Å². The van der Waals surface area contributed by atoms with Crippen LogP contribution in [0.3, 0.4) is 0 Å². The van der Waals surface area contributed by atoms with Crippen LogP contribution in [-0.4, -0.2) is 102 Å². The Morgan fingerprint density at radius 1 is 0.739 bits per heavy atom. The van der Waals surface area contributed by atoms with E-state index in [0.717, 1.165) is 82.5 Å². The molecule has 0 radical (unpaired) electrons. The van der Waals surface area contributed by atoms with Gasteiger partial charge in [-0.05, 0) is 91.7 Å². The number of aryl methyl sites for hydroxylation is 1. The summed E-state index contributed by atoms with van der Waals surface area (Å²) in [5.41, 5.74) is 8.66. The Hall–Kier alpha value is -7.25. The molecular formula is C57H57N9O3. The van der Waals surface area contributed by atoms with Crippen molar-refractivity contribution in [1.29, 1.82) is 0 Å². The first kappa shape index (κ1) is 44.3. The number of hydrogen-bond acceptors (Lipinski definition) is 9. The van der Waals surface area contributed by atoms with Gasteiger partial charge >= 0.3 is 0 Å². The zero-order valence-electron chi connectivity index (χ0n) is 39.4. The number of carbonyl (C=O) groups excluding carboxylic acids is 1. The molecule has 1 amide bonds. The van der Waals surface area contributed by atoms with Gasteiger partial charge in [0.15, 0.2) is 5.82 Å². The van der Waals surface area contributed by atoms with E-state index < -0.39 is 17.2 Å². The number of aliphatic hydroxyl groups is 1. The van der Waals surface area contributed by atoms with Crippen LogP contribution in [-0.2, 0) is 17.4 Å². The normalized spacial score (nSPS) is 18.4. The van der Waals surface area contributed by atoms with Crippen molar-refractivity contribution in [3.05, 3.63) is 186 Å². The van der Waals surface area contributed by atoms with Gasteiger partial charge in [-0.25, -0.2) is 14.6 Å². The minimum absolute atomic E-state index is 0.0133. The summed E-state index contributed by atoms with van der Waals surface area (Å²) in [6, 6.07) is 50.4. The molecule has 8 aromatic rings. The third-order valence-corrected chi connectivity index (χ3v) is 14.4. The van der Waals surface area contributed by atoms with E-state index in [4.69, 9.17) is 14.8 Å². The van der Waals surface area contributed by atoms with Gasteiger partial charge < -0.3 is 14.7 Å². The summed E-state index contributed by atoms with van der Waals surface area (Å²) in [5, 5.41) is 22.5. The molecule has 0 saturated carbocycles. The molecule has 5 aromatic carbocycles. The van der Waals surface area contributed by atoms with Crippen LogP contribution in [0.25, 0.3) is 39.1 Å². The van der Waals surface area contributed by atoms with Gasteiger partial charge in [0.25, 0.3) is 0 Å². The Kier molecular flexibility index (Phi) is 11.8. The Balaban J connectivity index is 0.874. The number of nitrogens with zero attached hydrogens (tertiary/aromatic N) is 9. The molecule has 2 atom stereocenters. The number of aromatic nitrogens is 6. The van der Waals surface area contributed by atoms with Crippen LogP contribution in [0.4, 0.5) is 5.69 Å². The second-order valence-corrected chi connectivity index (χ2v) is 19.1. The molecule has 0 bridgehead atoms. The maximum Gasteiger partial charge on any atom is 0.234 e. The zero-order chi connectivity index (χ0) is 47.1. The molecule has 69 heavy (non-hydrogen) atoms. The number of ether oxygens (including phenoxy) is 1. The number of rotatable bonds is 13. The molecule has 2 fully saturated rings. The van der Waals surface area contributed by atoms with E-state index >= 15 is 0 Å². The Bertz CT molecular complexity index is 3020. The summed E-state index contributed by atoms with van der Waals surface area (Å²) in [5.74, 6) is 1.41. The molecule has 0 unspecified atom stereocenters. The molecule has 6 heterocycles. The van der Waals surface area contributed by atoms with Gasteiger partial charge in [-0.15, -0.1) is 0 Å². The Labute approximate surface area is 403 Å². The van der Waals surface area contributed by atoms with Crippen molar-refractivity contribution < 1.29 is 14.6 Å². The summed E-state index contributed by atoms with van der Waals surface area (Å²) in [6.45, 7) is 7.93.